The van der Waals surface area contributed by atoms with Gasteiger partial charge < -0.3 is 16.0 Å². The van der Waals surface area contributed by atoms with Crippen LogP contribution in [0.2, 0.25) is 0 Å². The molecule has 1 atom stereocenters. The summed E-state index contributed by atoms with van der Waals surface area (Å²) >= 11 is 0. The Kier molecular flexibility index (Phi) is 3.45. The van der Waals surface area contributed by atoms with Crippen LogP contribution >= 0.6 is 0 Å². The summed E-state index contributed by atoms with van der Waals surface area (Å²) in [6.07, 6.45) is 2.46. The first-order chi connectivity index (χ1) is 8.20. The van der Waals surface area contributed by atoms with Crippen molar-refractivity contribution in [3.63, 3.8) is 0 Å². The minimum Gasteiger partial charge on any atom is -0.396 e. The minimum atomic E-state index is 0.287. The van der Waals surface area contributed by atoms with Crippen molar-refractivity contribution in [3.8, 4) is 6.07 Å². The van der Waals surface area contributed by atoms with Gasteiger partial charge in [-0.2, -0.15) is 5.26 Å². The molecule has 1 fully saturated rings. The summed E-state index contributed by atoms with van der Waals surface area (Å²) < 4.78 is 0. The van der Waals surface area contributed by atoms with Crippen molar-refractivity contribution in [2.45, 2.75) is 18.9 Å². The number of nitrogens with two attached hydrogens (primary N) is 1. The van der Waals surface area contributed by atoms with Gasteiger partial charge in [-0.05, 0) is 38.6 Å². The van der Waals surface area contributed by atoms with Crippen LogP contribution in [0.15, 0.2) is 12.1 Å². The molecule has 2 rings (SSSR count). The van der Waals surface area contributed by atoms with Crippen molar-refractivity contribution in [1.29, 1.82) is 5.26 Å². The number of hydrogen-bond acceptors (Lipinski definition) is 5. The number of likely N-dealkylation sites (tertiary alicyclic amines) is 1. The third-order valence-electron chi connectivity index (χ3n) is 3.22. The molecule has 1 unspecified atom stereocenters. The molecule has 3 N–H and O–H groups in total. The van der Waals surface area contributed by atoms with E-state index in [2.05, 4.69) is 22.2 Å². The van der Waals surface area contributed by atoms with Gasteiger partial charge in [-0.25, -0.2) is 4.98 Å². The fraction of sp³-hybridized carbons (Fsp3) is 0.500. The van der Waals surface area contributed by atoms with Crippen LogP contribution in [-0.2, 0) is 0 Å². The van der Waals surface area contributed by atoms with Gasteiger partial charge in [0.05, 0.1) is 5.69 Å². The van der Waals surface area contributed by atoms with Gasteiger partial charge in [0.1, 0.15) is 11.9 Å². The lowest BCUT2D eigenvalue weighted by Gasteiger charge is -2.20. The van der Waals surface area contributed by atoms with Crippen LogP contribution in [0.1, 0.15) is 18.5 Å². The zero-order chi connectivity index (χ0) is 12.3. The van der Waals surface area contributed by atoms with Crippen LogP contribution < -0.4 is 11.1 Å². The average Bonchev–Trinajstić information content (AvgIpc) is 2.74. The number of nitrogen functional groups attached to an aromatic ring is 1. The molecule has 0 saturated carbocycles. The van der Waals surface area contributed by atoms with Crippen molar-refractivity contribution in [2.24, 2.45) is 0 Å². The molecule has 17 heavy (non-hydrogen) atoms. The molecule has 1 aliphatic rings. The molecule has 5 nitrogen and oxygen atoms in total. The molecular weight excluding hydrogens is 214 g/mol. The van der Waals surface area contributed by atoms with Crippen LogP contribution in [0.4, 0.5) is 11.5 Å². The van der Waals surface area contributed by atoms with Crippen molar-refractivity contribution >= 4 is 11.5 Å². The van der Waals surface area contributed by atoms with Crippen LogP contribution in [0.5, 0.6) is 0 Å². The van der Waals surface area contributed by atoms with Gasteiger partial charge in [-0.1, -0.05) is 0 Å². The number of rotatable bonds is 3. The lowest BCUT2D eigenvalue weighted by Crippen LogP contribution is -2.31. The summed E-state index contributed by atoms with van der Waals surface area (Å²) in [7, 11) is 2.14. The third-order valence-corrected chi connectivity index (χ3v) is 3.22. The Balaban J connectivity index is 1.97. The first-order valence-corrected chi connectivity index (χ1v) is 5.81. The maximum absolute atomic E-state index is 8.84. The molecule has 1 aromatic rings. The molecule has 0 spiro atoms. The first kappa shape index (κ1) is 11.7. The van der Waals surface area contributed by atoms with Gasteiger partial charge in [-0.3, -0.25) is 0 Å². The SMILES string of the molecule is CN1CCCC1CNc1ccc(N)c(C#N)n1. The fourth-order valence-electron chi connectivity index (χ4n) is 2.12. The lowest BCUT2D eigenvalue weighted by molar-refractivity contribution is 0.322. The van der Waals surface area contributed by atoms with E-state index in [9.17, 15) is 0 Å². The molecule has 0 bridgehead atoms. The standard InChI is InChI=1S/C12H17N5/c1-17-6-2-3-9(17)8-15-12-5-4-10(14)11(7-13)16-12/h4-5,9H,2-3,6,8,14H2,1H3,(H,15,16). The van der Waals surface area contributed by atoms with E-state index < -0.39 is 0 Å². The number of nitriles is 1. The number of nitrogens with one attached hydrogen (secondary N) is 1. The quantitative estimate of drug-likeness (QED) is 0.812. The van der Waals surface area contributed by atoms with E-state index in [0.29, 0.717) is 11.7 Å². The maximum Gasteiger partial charge on any atom is 0.165 e. The molecule has 0 aromatic carbocycles. The van der Waals surface area contributed by atoms with Gasteiger partial charge >= 0.3 is 0 Å². The Morgan fingerprint density at radius 2 is 2.47 bits per heavy atom. The van der Waals surface area contributed by atoms with E-state index in [0.717, 1.165) is 18.9 Å². The second-order valence-corrected chi connectivity index (χ2v) is 4.40. The predicted octanol–water partition coefficient (Wildman–Crippen LogP) is 1.04. The first-order valence-electron chi connectivity index (χ1n) is 5.81. The highest BCUT2D eigenvalue weighted by atomic mass is 15.2. The Bertz CT molecular complexity index is 437. The number of pyridine rings is 1. The highest BCUT2D eigenvalue weighted by molar-refractivity contribution is 5.54. The summed E-state index contributed by atoms with van der Waals surface area (Å²) in [4.78, 5) is 6.50. The topological polar surface area (TPSA) is 78.0 Å². The molecule has 90 valence electrons. The van der Waals surface area contributed by atoms with Gasteiger partial charge in [0, 0.05) is 12.6 Å². The summed E-state index contributed by atoms with van der Waals surface area (Å²) in [5.74, 6) is 0.719. The Morgan fingerprint density at radius 3 is 3.12 bits per heavy atom. The number of nitrogens with zero attached hydrogens (tertiary/aromatic N) is 3. The van der Waals surface area contributed by atoms with E-state index in [1.54, 1.807) is 6.07 Å². The van der Waals surface area contributed by atoms with Crippen molar-refractivity contribution in [2.75, 3.05) is 31.2 Å². The van der Waals surface area contributed by atoms with Crippen molar-refractivity contribution < 1.29 is 0 Å². The fourth-order valence-corrected chi connectivity index (χ4v) is 2.12. The van der Waals surface area contributed by atoms with E-state index >= 15 is 0 Å². The molecule has 0 amide bonds. The van der Waals surface area contributed by atoms with E-state index in [1.165, 1.54) is 12.8 Å². The zero-order valence-electron chi connectivity index (χ0n) is 9.98. The summed E-state index contributed by atoms with van der Waals surface area (Å²) in [6, 6.07) is 6.07. The van der Waals surface area contributed by atoms with Crippen LogP contribution in [0.3, 0.4) is 0 Å². The average molecular weight is 231 g/mol. The number of aromatic nitrogens is 1. The summed E-state index contributed by atoms with van der Waals surface area (Å²) in [5, 5.41) is 12.1. The minimum absolute atomic E-state index is 0.287. The van der Waals surface area contributed by atoms with E-state index in [4.69, 9.17) is 11.0 Å². The molecule has 2 heterocycles. The number of likely N-dealkylation sites (N-methyl/N-ethyl adjacent to an activating group) is 1. The predicted molar refractivity (Wildman–Crippen MR) is 67.5 cm³/mol. The lowest BCUT2D eigenvalue weighted by atomic mass is 10.2. The summed E-state index contributed by atoms with van der Waals surface area (Å²) in [6.45, 7) is 2.02. The van der Waals surface area contributed by atoms with Crippen LogP contribution in [0, 0.1) is 11.3 Å². The molecule has 1 saturated heterocycles. The van der Waals surface area contributed by atoms with Gasteiger partial charge in [0.25, 0.3) is 0 Å². The highest BCUT2D eigenvalue weighted by Gasteiger charge is 2.20. The van der Waals surface area contributed by atoms with Crippen molar-refractivity contribution in [3.05, 3.63) is 17.8 Å². The Morgan fingerprint density at radius 1 is 1.65 bits per heavy atom. The number of hydrogen-bond donors (Lipinski definition) is 2. The smallest absolute Gasteiger partial charge is 0.165 e. The summed E-state index contributed by atoms with van der Waals surface area (Å²) in [5.41, 5.74) is 6.33. The van der Waals surface area contributed by atoms with Gasteiger partial charge in [0.15, 0.2) is 5.69 Å². The van der Waals surface area contributed by atoms with Gasteiger partial charge in [0.2, 0.25) is 0 Å². The Hall–Kier alpha value is -1.80. The third kappa shape index (κ3) is 2.66. The second kappa shape index (κ2) is 5.02. The zero-order valence-corrected chi connectivity index (χ0v) is 9.98. The van der Waals surface area contributed by atoms with Crippen LogP contribution in [0.25, 0.3) is 0 Å². The monoisotopic (exact) mass is 231 g/mol. The van der Waals surface area contributed by atoms with E-state index in [-0.39, 0.29) is 5.69 Å². The second-order valence-electron chi connectivity index (χ2n) is 4.40. The van der Waals surface area contributed by atoms with Gasteiger partial charge in [-0.15, -0.1) is 0 Å². The molecular formula is C12H17N5. The largest absolute Gasteiger partial charge is 0.396 e. The molecule has 1 aromatic heterocycles. The molecule has 0 radical (unpaired) electrons. The highest BCUT2D eigenvalue weighted by Crippen LogP contribution is 2.16. The molecule has 1 aliphatic heterocycles. The Labute approximate surface area is 101 Å². The maximum atomic E-state index is 8.84. The molecule has 5 heteroatoms. The van der Waals surface area contributed by atoms with Crippen molar-refractivity contribution in [1.82, 2.24) is 9.88 Å². The normalized spacial score (nSPS) is 20.1. The number of anilines is 2. The van der Waals surface area contributed by atoms with E-state index in [1.807, 2.05) is 12.1 Å². The molecule has 0 aliphatic carbocycles. The van der Waals surface area contributed by atoms with Crippen LogP contribution in [-0.4, -0.2) is 36.1 Å².